The third-order valence-corrected chi connectivity index (χ3v) is 15.2. The van der Waals surface area contributed by atoms with Crippen molar-refractivity contribution in [3.05, 3.63) is 95.1 Å². The molecule has 0 amide bonds. The SMILES string of the molecule is CC(C)[Si](Oc1ccc2c(c1)CCC(c1ccccc1)C2c1ccc(NC2CNC2)cc1)(C(C)C)C(C)C. The zero-order chi connectivity index (χ0) is 26.9. The van der Waals surface area contributed by atoms with E-state index in [1.807, 2.05) is 0 Å². The van der Waals surface area contributed by atoms with Gasteiger partial charge in [0.15, 0.2) is 0 Å². The molecule has 3 nitrogen and oxygen atoms in total. The Kier molecular flexibility index (Phi) is 8.02. The quantitative estimate of drug-likeness (QED) is 0.274. The first kappa shape index (κ1) is 27.0. The number of rotatable bonds is 9. The van der Waals surface area contributed by atoms with E-state index in [0.29, 0.717) is 34.5 Å². The van der Waals surface area contributed by atoms with Gasteiger partial charge in [-0.2, -0.15) is 0 Å². The summed E-state index contributed by atoms with van der Waals surface area (Å²) in [6.45, 7) is 16.3. The Balaban J connectivity index is 1.50. The van der Waals surface area contributed by atoms with Crippen LogP contribution in [-0.2, 0) is 6.42 Å². The Morgan fingerprint density at radius 1 is 0.789 bits per heavy atom. The van der Waals surface area contributed by atoms with Crippen LogP contribution in [0.15, 0.2) is 72.8 Å². The molecule has 202 valence electrons. The first-order chi connectivity index (χ1) is 18.3. The van der Waals surface area contributed by atoms with E-state index in [4.69, 9.17) is 4.43 Å². The van der Waals surface area contributed by atoms with Crippen LogP contribution < -0.4 is 15.1 Å². The van der Waals surface area contributed by atoms with Gasteiger partial charge in [0, 0.05) is 24.7 Å². The molecule has 0 aromatic heterocycles. The van der Waals surface area contributed by atoms with Gasteiger partial charge >= 0.3 is 0 Å². The van der Waals surface area contributed by atoms with Crippen LogP contribution in [0, 0.1) is 0 Å². The molecule has 0 radical (unpaired) electrons. The number of fused-ring (bicyclic) bond motifs is 1. The average molecular weight is 527 g/mol. The van der Waals surface area contributed by atoms with Crippen molar-refractivity contribution in [3.8, 4) is 5.75 Å². The average Bonchev–Trinajstić information content (AvgIpc) is 2.89. The lowest BCUT2D eigenvalue weighted by Crippen LogP contribution is -2.51. The molecule has 0 saturated carbocycles. The molecule has 1 aliphatic heterocycles. The first-order valence-corrected chi connectivity index (χ1v) is 16.9. The summed E-state index contributed by atoms with van der Waals surface area (Å²) in [5, 5.41) is 7.00. The number of anilines is 1. The molecular weight excluding hydrogens is 480 g/mol. The minimum Gasteiger partial charge on any atom is -0.543 e. The number of nitrogens with one attached hydrogen (secondary N) is 2. The molecule has 1 heterocycles. The van der Waals surface area contributed by atoms with Crippen LogP contribution in [0.2, 0.25) is 16.6 Å². The fourth-order valence-corrected chi connectivity index (χ4v) is 12.5. The topological polar surface area (TPSA) is 33.3 Å². The van der Waals surface area contributed by atoms with Gasteiger partial charge in [0.25, 0.3) is 8.32 Å². The van der Waals surface area contributed by atoms with Gasteiger partial charge in [0.2, 0.25) is 0 Å². The van der Waals surface area contributed by atoms with Crippen molar-refractivity contribution in [1.29, 1.82) is 0 Å². The van der Waals surface area contributed by atoms with Crippen molar-refractivity contribution in [2.24, 2.45) is 0 Å². The molecular formula is C34H46N2OSi. The highest BCUT2D eigenvalue weighted by Crippen LogP contribution is 2.48. The van der Waals surface area contributed by atoms with Crippen molar-refractivity contribution in [2.45, 2.75) is 88.9 Å². The fraction of sp³-hybridized carbons (Fsp3) is 0.471. The predicted molar refractivity (Wildman–Crippen MR) is 164 cm³/mol. The van der Waals surface area contributed by atoms with Gasteiger partial charge in [-0.3, -0.25) is 0 Å². The summed E-state index contributed by atoms with van der Waals surface area (Å²) in [6, 6.07) is 28.0. The Bertz CT molecular complexity index is 1180. The van der Waals surface area contributed by atoms with E-state index in [1.165, 1.54) is 27.9 Å². The molecule has 5 rings (SSSR count). The Hall–Kier alpha value is -2.56. The summed E-state index contributed by atoms with van der Waals surface area (Å²) < 4.78 is 7.10. The first-order valence-electron chi connectivity index (χ1n) is 14.7. The predicted octanol–water partition coefficient (Wildman–Crippen LogP) is 8.49. The minimum atomic E-state index is -1.99. The van der Waals surface area contributed by atoms with Gasteiger partial charge < -0.3 is 15.1 Å². The smallest absolute Gasteiger partial charge is 0.258 e. The molecule has 0 bridgehead atoms. The van der Waals surface area contributed by atoms with E-state index in [9.17, 15) is 0 Å². The molecule has 2 atom stereocenters. The van der Waals surface area contributed by atoms with E-state index in [1.54, 1.807) is 0 Å². The lowest BCUT2D eigenvalue weighted by Gasteiger charge is -2.42. The summed E-state index contributed by atoms with van der Waals surface area (Å²) in [6.07, 6.45) is 2.25. The molecule has 3 aromatic rings. The second-order valence-corrected chi connectivity index (χ2v) is 17.8. The zero-order valence-corrected chi connectivity index (χ0v) is 25.1. The highest BCUT2D eigenvalue weighted by molar-refractivity contribution is 6.78. The van der Waals surface area contributed by atoms with Gasteiger partial charge in [-0.25, -0.2) is 0 Å². The van der Waals surface area contributed by atoms with E-state index in [-0.39, 0.29) is 0 Å². The molecule has 3 aromatic carbocycles. The molecule has 1 saturated heterocycles. The Labute approximate surface area is 231 Å². The second kappa shape index (κ2) is 11.3. The maximum atomic E-state index is 7.10. The summed E-state index contributed by atoms with van der Waals surface area (Å²) >= 11 is 0. The lowest BCUT2D eigenvalue weighted by atomic mass is 9.69. The standard InChI is InChI=1S/C34H46N2OSi/c1-23(2)38(24(3)4,25(5)6)37-31-17-19-33-28(20-31)14-18-32(26-10-8-7-9-11-26)34(33)27-12-15-29(16-13-27)36-30-21-35-22-30/h7-13,15-17,19-20,23-25,30,32,34-36H,14,18,21-22H2,1-6H3. The van der Waals surface area contributed by atoms with E-state index in [0.717, 1.165) is 31.7 Å². The van der Waals surface area contributed by atoms with Crippen molar-refractivity contribution in [2.75, 3.05) is 18.4 Å². The van der Waals surface area contributed by atoms with Crippen LogP contribution in [0.1, 0.15) is 82.1 Å². The second-order valence-electron chi connectivity index (χ2n) is 12.4. The number of benzene rings is 3. The van der Waals surface area contributed by atoms with Gasteiger partial charge in [-0.1, -0.05) is 90.1 Å². The van der Waals surface area contributed by atoms with Gasteiger partial charge in [0.1, 0.15) is 5.75 Å². The molecule has 2 aliphatic rings. The largest absolute Gasteiger partial charge is 0.543 e. The molecule has 4 heteroatoms. The van der Waals surface area contributed by atoms with Crippen LogP contribution >= 0.6 is 0 Å². The molecule has 2 N–H and O–H groups in total. The van der Waals surface area contributed by atoms with Crippen LogP contribution in [0.5, 0.6) is 5.75 Å². The molecule has 1 aliphatic carbocycles. The van der Waals surface area contributed by atoms with Crippen LogP contribution in [-0.4, -0.2) is 27.4 Å². The van der Waals surface area contributed by atoms with E-state index in [2.05, 4.69) is 125 Å². The van der Waals surface area contributed by atoms with Crippen molar-refractivity contribution in [1.82, 2.24) is 5.32 Å². The third kappa shape index (κ3) is 5.18. The van der Waals surface area contributed by atoms with Crippen LogP contribution in [0.4, 0.5) is 5.69 Å². The Morgan fingerprint density at radius 3 is 2.03 bits per heavy atom. The molecule has 1 fully saturated rings. The maximum Gasteiger partial charge on any atom is 0.258 e. The maximum absolute atomic E-state index is 7.10. The van der Waals surface area contributed by atoms with Crippen molar-refractivity contribution in [3.63, 3.8) is 0 Å². The molecule has 38 heavy (non-hydrogen) atoms. The highest BCUT2D eigenvalue weighted by Gasteiger charge is 2.47. The van der Waals surface area contributed by atoms with Gasteiger partial charge in [0.05, 0.1) is 6.04 Å². The summed E-state index contributed by atoms with van der Waals surface area (Å²) in [5.41, 5.74) is 8.69. The highest BCUT2D eigenvalue weighted by atomic mass is 28.4. The molecule has 2 unspecified atom stereocenters. The van der Waals surface area contributed by atoms with Crippen LogP contribution in [0.25, 0.3) is 0 Å². The summed E-state index contributed by atoms with van der Waals surface area (Å²) in [4.78, 5) is 0. The monoisotopic (exact) mass is 526 g/mol. The number of hydrogen-bond donors (Lipinski definition) is 2. The van der Waals surface area contributed by atoms with Gasteiger partial charge in [-0.05, 0) is 81.9 Å². The normalized spacial score (nSPS) is 19.9. The fourth-order valence-electron chi connectivity index (χ4n) is 7.30. The van der Waals surface area contributed by atoms with Gasteiger partial charge in [-0.15, -0.1) is 0 Å². The van der Waals surface area contributed by atoms with Crippen LogP contribution in [0.3, 0.4) is 0 Å². The Morgan fingerprint density at radius 2 is 1.45 bits per heavy atom. The summed E-state index contributed by atoms with van der Waals surface area (Å²) in [7, 11) is -1.99. The van der Waals surface area contributed by atoms with E-state index < -0.39 is 8.32 Å². The minimum absolute atomic E-state index is 0.344. The lowest BCUT2D eigenvalue weighted by molar-refractivity contribution is 0.472. The third-order valence-electron chi connectivity index (χ3n) is 9.23. The molecule has 0 spiro atoms. The summed E-state index contributed by atoms with van der Waals surface area (Å²) in [5.74, 6) is 1.90. The van der Waals surface area contributed by atoms with Crippen molar-refractivity contribution >= 4 is 14.0 Å². The number of aryl methyl sites for hydroxylation is 1. The van der Waals surface area contributed by atoms with E-state index >= 15 is 0 Å². The van der Waals surface area contributed by atoms with Crippen molar-refractivity contribution < 1.29 is 4.43 Å². The number of hydrogen-bond acceptors (Lipinski definition) is 3. The zero-order valence-electron chi connectivity index (χ0n) is 24.1.